The summed E-state index contributed by atoms with van der Waals surface area (Å²) in [7, 11) is 3.35. The van der Waals surface area contributed by atoms with E-state index in [4.69, 9.17) is 9.97 Å². The predicted octanol–water partition coefficient (Wildman–Crippen LogP) is 4.60. The maximum absolute atomic E-state index is 14.5. The highest BCUT2D eigenvalue weighted by Crippen LogP contribution is 2.33. The average Bonchev–Trinajstić information content (AvgIpc) is 3.58. The monoisotopic (exact) mass is 558 g/mol. The molecule has 3 aromatic heterocycles. The Bertz CT molecular complexity index is 1620. The van der Waals surface area contributed by atoms with Crippen LogP contribution in [0.5, 0.6) is 0 Å². The fraction of sp³-hybridized carbons (Fsp3) is 0.310. The molecule has 0 saturated carbocycles. The Kier molecular flexibility index (Phi) is 7.40. The van der Waals surface area contributed by atoms with E-state index in [1.54, 1.807) is 51.9 Å². The van der Waals surface area contributed by atoms with Crippen LogP contribution < -0.4 is 9.80 Å². The van der Waals surface area contributed by atoms with E-state index in [1.807, 2.05) is 32.7 Å². The minimum absolute atomic E-state index is 0.0308. The summed E-state index contributed by atoms with van der Waals surface area (Å²) in [5, 5.41) is 17.8. The van der Waals surface area contributed by atoms with Crippen LogP contribution in [0.25, 0.3) is 11.5 Å². The van der Waals surface area contributed by atoms with Crippen molar-refractivity contribution in [2.45, 2.75) is 45.9 Å². The van der Waals surface area contributed by atoms with Gasteiger partial charge in [0.25, 0.3) is 5.91 Å². The number of carbonyl (C=O) groups is 2. The summed E-state index contributed by atoms with van der Waals surface area (Å²) < 4.78 is 16.3. The second-order valence-corrected chi connectivity index (χ2v) is 10.3. The maximum atomic E-state index is 14.5. The first-order chi connectivity index (χ1) is 19.6. The smallest absolute Gasteiger partial charge is 0.407 e. The number of benzene rings is 1. The number of nitrogens with zero attached hydrogens (tertiary/aromatic N) is 8. The molecule has 1 aromatic carbocycles. The summed E-state index contributed by atoms with van der Waals surface area (Å²) in [6.45, 7) is 6.08. The quantitative estimate of drug-likeness (QED) is 0.333. The van der Waals surface area contributed by atoms with Gasteiger partial charge in [-0.2, -0.15) is 0 Å². The lowest BCUT2D eigenvalue weighted by molar-refractivity contribution is 0.0996. The number of amides is 2. The molecule has 0 aliphatic carbocycles. The Labute approximate surface area is 236 Å². The van der Waals surface area contributed by atoms with Gasteiger partial charge in [-0.1, -0.05) is 24.3 Å². The Hall–Kier alpha value is -4.87. The van der Waals surface area contributed by atoms with E-state index >= 15 is 0 Å². The van der Waals surface area contributed by atoms with Crippen LogP contribution in [0.1, 0.15) is 54.0 Å². The number of carbonyl (C=O) groups excluding carboxylic acids is 1. The molecule has 4 aromatic rings. The first kappa shape index (κ1) is 27.7. The molecule has 4 heterocycles. The molecule has 1 aliphatic heterocycles. The zero-order chi connectivity index (χ0) is 29.4. The van der Waals surface area contributed by atoms with Crippen molar-refractivity contribution in [2.24, 2.45) is 0 Å². The van der Waals surface area contributed by atoms with Gasteiger partial charge < -0.3 is 19.5 Å². The van der Waals surface area contributed by atoms with Crippen molar-refractivity contribution < 1.29 is 19.1 Å². The number of hydrogen-bond acceptors (Lipinski definition) is 7. The Balaban J connectivity index is 1.51. The molecule has 0 saturated heterocycles. The number of aromatic nitrogens is 5. The summed E-state index contributed by atoms with van der Waals surface area (Å²) in [6.07, 6.45) is 0.439. The third-order valence-electron chi connectivity index (χ3n) is 7.42. The van der Waals surface area contributed by atoms with Gasteiger partial charge in [-0.15, -0.1) is 10.2 Å². The van der Waals surface area contributed by atoms with Crippen molar-refractivity contribution >= 4 is 23.6 Å². The summed E-state index contributed by atoms with van der Waals surface area (Å²) in [4.78, 5) is 39.4. The van der Waals surface area contributed by atoms with Gasteiger partial charge in [0.1, 0.15) is 29.5 Å². The minimum atomic E-state index is -1.09. The lowest BCUT2D eigenvalue weighted by Crippen LogP contribution is -2.29. The minimum Gasteiger partial charge on any atom is -0.465 e. The van der Waals surface area contributed by atoms with Crippen molar-refractivity contribution in [2.75, 3.05) is 23.9 Å². The number of carboxylic acid groups (broad SMARTS) is 1. The van der Waals surface area contributed by atoms with Crippen molar-refractivity contribution in [1.82, 2.24) is 29.6 Å². The molecule has 12 heteroatoms. The van der Waals surface area contributed by atoms with Gasteiger partial charge in [-0.3, -0.25) is 9.69 Å². The van der Waals surface area contributed by atoms with E-state index < -0.39 is 12.1 Å². The van der Waals surface area contributed by atoms with E-state index in [-0.39, 0.29) is 30.9 Å². The van der Waals surface area contributed by atoms with Gasteiger partial charge in [0.05, 0.1) is 30.4 Å². The van der Waals surface area contributed by atoms with Crippen molar-refractivity contribution in [3.63, 3.8) is 0 Å². The van der Waals surface area contributed by atoms with Crippen molar-refractivity contribution in [3.05, 3.63) is 83.1 Å². The van der Waals surface area contributed by atoms with Gasteiger partial charge in [-0.25, -0.2) is 19.2 Å². The molecule has 0 fully saturated rings. The predicted molar refractivity (Wildman–Crippen MR) is 151 cm³/mol. The third kappa shape index (κ3) is 5.20. The normalized spacial score (nSPS) is 13.4. The highest BCUT2D eigenvalue weighted by Gasteiger charge is 2.34. The van der Waals surface area contributed by atoms with Crippen LogP contribution >= 0.6 is 0 Å². The summed E-state index contributed by atoms with van der Waals surface area (Å²) in [5.74, 6) is 0.818. The summed E-state index contributed by atoms with van der Waals surface area (Å²) >= 11 is 0. The van der Waals surface area contributed by atoms with Crippen LogP contribution in [-0.2, 0) is 13.1 Å². The summed E-state index contributed by atoms with van der Waals surface area (Å²) in [6, 6.07) is 13.3. The second kappa shape index (κ2) is 11.0. The Morgan fingerprint density at radius 2 is 1.85 bits per heavy atom. The van der Waals surface area contributed by atoms with Gasteiger partial charge in [0.2, 0.25) is 0 Å². The van der Waals surface area contributed by atoms with Crippen LogP contribution in [0, 0.1) is 5.82 Å². The number of halogens is 1. The van der Waals surface area contributed by atoms with Crippen LogP contribution in [0.2, 0.25) is 0 Å². The first-order valence-electron chi connectivity index (χ1n) is 13.2. The fourth-order valence-electron chi connectivity index (χ4n) is 4.78. The van der Waals surface area contributed by atoms with Gasteiger partial charge in [0.15, 0.2) is 5.82 Å². The Morgan fingerprint density at radius 3 is 2.56 bits per heavy atom. The Morgan fingerprint density at radius 1 is 1.10 bits per heavy atom. The molecule has 11 nitrogen and oxygen atoms in total. The molecule has 0 spiro atoms. The fourth-order valence-corrected chi connectivity index (χ4v) is 4.78. The molecule has 1 atom stereocenters. The van der Waals surface area contributed by atoms with Crippen molar-refractivity contribution in [3.8, 4) is 11.5 Å². The zero-order valence-electron chi connectivity index (χ0n) is 23.5. The average molecular weight is 559 g/mol. The highest BCUT2D eigenvalue weighted by atomic mass is 19.1. The topological polar surface area (TPSA) is 121 Å². The van der Waals surface area contributed by atoms with Gasteiger partial charge in [-0.05, 0) is 45.0 Å². The van der Waals surface area contributed by atoms with Gasteiger partial charge in [0, 0.05) is 31.3 Å². The highest BCUT2D eigenvalue weighted by molar-refractivity contribution is 6.10. The lowest BCUT2D eigenvalue weighted by atomic mass is 10.1. The maximum Gasteiger partial charge on any atom is 0.407 e. The number of pyridine rings is 2. The molecule has 41 heavy (non-hydrogen) atoms. The second-order valence-electron chi connectivity index (χ2n) is 10.3. The third-order valence-corrected chi connectivity index (χ3v) is 7.42. The molecule has 5 rings (SSSR count). The number of anilines is 2. The molecule has 0 bridgehead atoms. The number of hydrogen-bond donors (Lipinski definition) is 1. The number of fused-ring (bicyclic) bond motifs is 1. The molecule has 0 radical (unpaired) electrons. The molecule has 2 amide bonds. The van der Waals surface area contributed by atoms with Crippen LogP contribution in [0.4, 0.5) is 20.8 Å². The lowest BCUT2D eigenvalue weighted by Gasteiger charge is -2.24. The van der Waals surface area contributed by atoms with Crippen LogP contribution in [0.3, 0.4) is 0 Å². The standard InChI is InChI=1S/C29H31FN8O3/c1-17(2)36(5)26-13-20-21(24(33-26)15-35(4)29(40)41)14-37(28(20)39)25-12-8-11-23(32-25)27-34-31-16-38(27)18(3)19-9-6-7-10-22(19)30/h6-13,16-18H,14-15H2,1-5H3,(H,40,41)/t18-/m0/s1. The molecule has 0 unspecified atom stereocenters. The van der Waals surface area contributed by atoms with E-state index in [0.29, 0.717) is 45.5 Å². The van der Waals surface area contributed by atoms with E-state index in [1.165, 1.54) is 19.4 Å². The van der Waals surface area contributed by atoms with Crippen molar-refractivity contribution in [1.29, 1.82) is 0 Å². The largest absolute Gasteiger partial charge is 0.465 e. The molecule has 212 valence electrons. The zero-order valence-corrected chi connectivity index (χ0v) is 23.5. The van der Waals surface area contributed by atoms with Crippen LogP contribution in [-0.4, -0.2) is 66.9 Å². The van der Waals surface area contributed by atoms with E-state index in [0.717, 1.165) is 4.90 Å². The van der Waals surface area contributed by atoms with E-state index in [9.17, 15) is 19.1 Å². The first-order valence-corrected chi connectivity index (χ1v) is 13.2. The molecular formula is C29H31FN8O3. The van der Waals surface area contributed by atoms with Crippen LogP contribution in [0.15, 0.2) is 54.9 Å². The number of rotatable bonds is 8. The summed E-state index contributed by atoms with van der Waals surface area (Å²) in [5.41, 5.74) is 2.59. The molecular weight excluding hydrogens is 527 g/mol. The molecule has 1 N–H and O–H groups in total. The molecule has 1 aliphatic rings. The van der Waals surface area contributed by atoms with Gasteiger partial charge >= 0.3 is 6.09 Å². The van der Waals surface area contributed by atoms with E-state index in [2.05, 4.69) is 10.2 Å². The SMILES string of the molecule is CC(C)N(C)c1cc2c(c(CN(C)C(=O)O)n1)CN(c1cccc(-c3nncn3[C@@H](C)c3ccccc3F)n1)C2=O.